The molecule has 0 aliphatic heterocycles. The molecule has 0 bridgehead atoms. The summed E-state index contributed by atoms with van der Waals surface area (Å²) >= 11 is 0. The monoisotopic (exact) mass is 249 g/mol. The average Bonchev–Trinajstić information content (AvgIpc) is 3.24. The summed E-state index contributed by atoms with van der Waals surface area (Å²) in [6.07, 6.45) is 5.52. The van der Waals surface area contributed by atoms with E-state index in [1.165, 1.54) is 31.7 Å². The molecule has 2 aliphatic rings. The third-order valence-corrected chi connectivity index (χ3v) is 4.39. The number of ether oxygens (including phenoxy) is 1. The lowest BCUT2D eigenvalue weighted by Crippen LogP contribution is -2.25. The smallest absolute Gasteiger partial charge is 0.131 e. The second-order valence-corrected chi connectivity index (χ2v) is 5.70. The van der Waals surface area contributed by atoms with Crippen LogP contribution in [0.3, 0.4) is 0 Å². The Bertz CT molecular complexity index is 438. The summed E-state index contributed by atoms with van der Waals surface area (Å²) < 4.78 is 18.7. The maximum Gasteiger partial charge on any atom is 0.131 e. The van der Waals surface area contributed by atoms with Crippen molar-refractivity contribution >= 4 is 0 Å². The summed E-state index contributed by atoms with van der Waals surface area (Å²) in [7, 11) is 1.55. The number of methoxy groups -OCH3 is 1. The Morgan fingerprint density at radius 3 is 2.72 bits per heavy atom. The van der Waals surface area contributed by atoms with Crippen molar-refractivity contribution in [3.63, 3.8) is 0 Å². The quantitative estimate of drug-likeness (QED) is 0.836. The van der Waals surface area contributed by atoms with Crippen molar-refractivity contribution in [3.8, 4) is 5.75 Å². The van der Waals surface area contributed by atoms with Gasteiger partial charge in [-0.1, -0.05) is 6.07 Å². The van der Waals surface area contributed by atoms with Gasteiger partial charge in [0.2, 0.25) is 0 Å². The zero-order valence-corrected chi connectivity index (χ0v) is 10.8. The molecule has 0 amide bonds. The third-order valence-electron chi connectivity index (χ3n) is 4.39. The van der Waals surface area contributed by atoms with Gasteiger partial charge in [0.1, 0.15) is 11.6 Å². The minimum Gasteiger partial charge on any atom is -0.497 e. The molecule has 0 radical (unpaired) electrons. The summed E-state index contributed by atoms with van der Waals surface area (Å²) in [4.78, 5) is 0. The van der Waals surface area contributed by atoms with Crippen LogP contribution in [-0.4, -0.2) is 13.7 Å². The maximum absolute atomic E-state index is 13.7. The van der Waals surface area contributed by atoms with Crippen LogP contribution in [0.2, 0.25) is 0 Å². The number of hydrogen-bond acceptors (Lipinski definition) is 2. The predicted molar refractivity (Wildman–Crippen MR) is 69.0 cm³/mol. The summed E-state index contributed by atoms with van der Waals surface area (Å²) in [5, 5.41) is 3.42. The van der Waals surface area contributed by atoms with Gasteiger partial charge < -0.3 is 10.1 Å². The van der Waals surface area contributed by atoms with E-state index in [-0.39, 0.29) is 5.82 Å². The molecule has 2 saturated carbocycles. The number of hydrogen-bond donors (Lipinski definition) is 1. The molecule has 0 spiro atoms. The molecule has 3 rings (SSSR count). The maximum atomic E-state index is 13.7. The minimum absolute atomic E-state index is 0.182. The molecule has 1 aromatic carbocycles. The zero-order chi connectivity index (χ0) is 12.6. The van der Waals surface area contributed by atoms with Gasteiger partial charge in [0, 0.05) is 24.7 Å². The Morgan fingerprint density at radius 2 is 2.17 bits per heavy atom. The van der Waals surface area contributed by atoms with Crippen molar-refractivity contribution in [2.75, 3.05) is 13.7 Å². The molecule has 2 aliphatic carbocycles. The standard InChI is InChI=1S/C15H20FNO/c1-18-13-5-2-11(14(16)8-13)9-17-10-15(6-7-15)12-3-4-12/h2,5,8,12,17H,3-4,6-7,9-10H2,1H3. The Labute approximate surface area is 108 Å². The van der Waals surface area contributed by atoms with Crippen LogP contribution in [-0.2, 0) is 6.54 Å². The molecule has 0 unspecified atom stereocenters. The van der Waals surface area contributed by atoms with Gasteiger partial charge in [-0.05, 0) is 43.1 Å². The molecule has 3 heteroatoms. The molecule has 0 aromatic heterocycles. The molecule has 1 aromatic rings. The highest BCUT2D eigenvalue weighted by Gasteiger charge is 2.53. The highest BCUT2D eigenvalue weighted by atomic mass is 19.1. The normalized spacial score (nSPS) is 20.8. The van der Waals surface area contributed by atoms with E-state index in [2.05, 4.69) is 5.32 Å². The van der Waals surface area contributed by atoms with Crippen LogP contribution < -0.4 is 10.1 Å². The van der Waals surface area contributed by atoms with Gasteiger partial charge >= 0.3 is 0 Å². The van der Waals surface area contributed by atoms with Crippen molar-refractivity contribution in [2.24, 2.45) is 11.3 Å². The number of halogens is 1. The predicted octanol–water partition coefficient (Wildman–Crippen LogP) is 3.11. The van der Waals surface area contributed by atoms with E-state index in [0.717, 1.165) is 18.0 Å². The van der Waals surface area contributed by atoms with Gasteiger partial charge in [0.15, 0.2) is 0 Å². The lowest BCUT2D eigenvalue weighted by molar-refractivity contribution is 0.398. The summed E-state index contributed by atoms with van der Waals surface area (Å²) in [5.74, 6) is 1.34. The van der Waals surface area contributed by atoms with Crippen LogP contribution in [0.25, 0.3) is 0 Å². The minimum atomic E-state index is -0.182. The van der Waals surface area contributed by atoms with E-state index < -0.39 is 0 Å². The Morgan fingerprint density at radius 1 is 1.39 bits per heavy atom. The van der Waals surface area contributed by atoms with Crippen LogP contribution in [0.4, 0.5) is 4.39 Å². The first-order valence-corrected chi connectivity index (χ1v) is 6.77. The third kappa shape index (κ3) is 2.37. The van der Waals surface area contributed by atoms with Crippen molar-refractivity contribution < 1.29 is 9.13 Å². The summed E-state index contributed by atoms with van der Waals surface area (Å²) in [6.45, 7) is 1.66. The molecule has 2 fully saturated rings. The van der Waals surface area contributed by atoms with E-state index in [4.69, 9.17) is 4.74 Å². The molecule has 0 saturated heterocycles. The van der Waals surface area contributed by atoms with Crippen molar-refractivity contribution in [1.29, 1.82) is 0 Å². The molecular formula is C15H20FNO. The van der Waals surface area contributed by atoms with E-state index in [9.17, 15) is 4.39 Å². The largest absolute Gasteiger partial charge is 0.497 e. The first kappa shape index (κ1) is 12.0. The van der Waals surface area contributed by atoms with E-state index in [1.807, 2.05) is 6.07 Å². The highest BCUT2D eigenvalue weighted by Crippen LogP contribution is 2.60. The molecule has 1 N–H and O–H groups in total. The van der Waals surface area contributed by atoms with E-state index in [1.54, 1.807) is 13.2 Å². The van der Waals surface area contributed by atoms with Crippen molar-refractivity contribution in [2.45, 2.75) is 32.2 Å². The Hall–Kier alpha value is -1.09. The lowest BCUT2D eigenvalue weighted by atomic mass is 10.0. The first-order valence-electron chi connectivity index (χ1n) is 6.77. The number of rotatable bonds is 6. The molecule has 18 heavy (non-hydrogen) atoms. The highest BCUT2D eigenvalue weighted by molar-refractivity contribution is 5.28. The molecule has 0 heterocycles. The topological polar surface area (TPSA) is 21.3 Å². The van der Waals surface area contributed by atoms with Crippen LogP contribution >= 0.6 is 0 Å². The fraction of sp³-hybridized carbons (Fsp3) is 0.600. The first-order chi connectivity index (χ1) is 8.73. The Kier molecular flexibility index (Phi) is 3.02. The van der Waals surface area contributed by atoms with Crippen molar-refractivity contribution in [1.82, 2.24) is 5.32 Å². The van der Waals surface area contributed by atoms with Crippen LogP contribution in [0, 0.1) is 17.2 Å². The van der Waals surface area contributed by atoms with Gasteiger partial charge in [0.05, 0.1) is 7.11 Å². The second-order valence-electron chi connectivity index (χ2n) is 5.70. The molecular weight excluding hydrogens is 229 g/mol. The Balaban J connectivity index is 1.53. The summed E-state index contributed by atoms with van der Waals surface area (Å²) in [5.41, 5.74) is 1.30. The molecule has 98 valence electrons. The fourth-order valence-electron chi connectivity index (χ4n) is 2.83. The molecule has 2 nitrogen and oxygen atoms in total. The number of benzene rings is 1. The summed E-state index contributed by atoms with van der Waals surface area (Å²) in [6, 6.07) is 5.07. The fourth-order valence-corrected chi connectivity index (χ4v) is 2.83. The molecule has 0 atom stereocenters. The van der Waals surface area contributed by atoms with Gasteiger partial charge in [-0.2, -0.15) is 0 Å². The van der Waals surface area contributed by atoms with Gasteiger partial charge in [-0.15, -0.1) is 0 Å². The number of nitrogens with one attached hydrogen (secondary N) is 1. The van der Waals surface area contributed by atoms with Gasteiger partial charge in [0.25, 0.3) is 0 Å². The SMILES string of the molecule is COc1ccc(CNCC2(C3CC3)CC2)c(F)c1. The van der Waals surface area contributed by atoms with Gasteiger partial charge in [-0.3, -0.25) is 0 Å². The second kappa shape index (κ2) is 4.54. The zero-order valence-electron chi connectivity index (χ0n) is 10.8. The average molecular weight is 249 g/mol. The lowest BCUT2D eigenvalue weighted by Gasteiger charge is -2.15. The van der Waals surface area contributed by atoms with Gasteiger partial charge in [-0.25, -0.2) is 4.39 Å². The van der Waals surface area contributed by atoms with Crippen LogP contribution in [0.5, 0.6) is 5.75 Å². The van der Waals surface area contributed by atoms with E-state index in [0.29, 0.717) is 17.7 Å². The van der Waals surface area contributed by atoms with Crippen molar-refractivity contribution in [3.05, 3.63) is 29.6 Å². The van der Waals surface area contributed by atoms with Crippen LogP contribution in [0.1, 0.15) is 31.2 Å². The van der Waals surface area contributed by atoms with Crippen LogP contribution in [0.15, 0.2) is 18.2 Å². The van der Waals surface area contributed by atoms with E-state index >= 15 is 0 Å².